The maximum atomic E-state index is 13.3. The van der Waals surface area contributed by atoms with Gasteiger partial charge in [0.15, 0.2) is 0 Å². The fourth-order valence-electron chi connectivity index (χ4n) is 2.24. The zero-order valence-electron chi connectivity index (χ0n) is 10.2. The lowest BCUT2D eigenvalue weighted by molar-refractivity contribution is -0.124. The number of anilines is 1. The minimum Gasteiger partial charge on any atom is -0.325 e. The van der Waals surface area contributed by atoms with Crippen molar-refractivity contribution in [3.05, 3.63) is 29.0 Å². The molecule has 2 rings (SSSR count). The second kappa shape index (κ2) is 5.24. The summed E-state index contributed by atoms with van der Waals surface area (Å²) in [5.74, 6) is -0.582. The number of hydrogen-bond acceptors (Lipinski definition) is 2. The average molecular weight is 271 g/mol. The number of hydrogen-bond donors (Lipinski definition) is 2. The van der Waals surface area contributed by atoms with Gasteiger partial charge in [-0.1, -0.05) is 18.5 Å². The third kappa shape index (κ3) is 2.49. The van der Waals surface area contributed by atoms with E-state index in [1.54, 1.807) is 6.07 Å². The number of amides is 1. The lowest BCUT2D eigenvalue weighted by Gasteiger charge is -2.25. The molecule has 0 saturated carbocycles. The van der Waals surface area contributed by atoms with Crippen molar-refractivity contribution in [2.24, 2.45) is 5.41 Å². The van der Waals surface area contributed by atoms with E-state index in [4.69, 9.17) is 11.6 Å². The number of rotatable bonds is 3. The Labute approximate surface area is 111 Å². The van der Waals surface area contributed by atoms with Crippen LogP contribution in [-0.2, 0) is 4.79 Å². The Bertz CT molecular complexity index is 458. The highest BCUT2D eigenvalue weighted by Crippen LogP contribution is 2.31. The summed E-state index contributed by atoms with van der Waals surface area (Å²) in [7, 11) is 0. The molecule has 0 radical (unpaired) electrons. The van der Waals surface area contributed by atoms with Gasteiger partial charge in [-0.05, 0) is 37.6 Å². The van der Waals surface area contributed by atoms with Crippen molar-refractivity contribution in [2.75, 3.05) is 18.4 Å². The molecule has 3 nitrogen and oxygen atoms in total. The fourth-order valence-corrected chi connectivity index (χ4v) is 2.35. The smallest absolute Gasteiger partial charge is 0.231 e. The van der Waals surface area contributed by atoms with Crippen LogP contribution in [0.25, 0.3) is 0 Å². The molecule has 0 aliphatic carbocycles. The Morgan fingerprint density at radius 1 is 1.61 bits per heavy atom. The van der Waals surface area contributed by atoms with Crippen LogP contribution in [0.15, 0.2) is 18.2 Å². The number of benzene rings is 1. The van der Waals surface area contributed by atoms with E-state index < -0.39 is 5.82 Å². The highest BCUT2D eigenvalue weighted by atomic mass is 35.5. The highest BCUT2D eigenvalue weighted by molar-refractivity contribution is 6.30. The summed E-state index contributed by atoms with van der Waals surface area (Å²) in [4.78, 5) is 12.3. The van der Waals surface area contributed by atoms with Crippen molar-refractivity contribution in [1.29, 1.82) is 0 Å². The number of carbonyl (C=O) groups excluding carboxylic acids is 1. The molecule has 1 heterocycles. The summed E-state index contributed by atoms with van der Waals surface area (Å²) in [5.41, 5.74) is 0.0671. The van der Waals surface area contributed by atoms with E-state index >= 15 is 0 Å². The van der Waals surface area contributed by atoms with E-state index in [1.165, 1.54) is 12.1 Å². The molecule has 1 aromatic carbocycles. The van der Waals surface area contributed by atoms with Crippen LogP contribution in [-0.4, -0.2) is 19.0 Å². The topological polar surface area (TPSA) is 41.1 Å². The van der Waals surface area contributed by atoms with Gasteiger partial charge in [0.25, 0.3) is 0 Å². The predicted molar refractivity (Wildman–Crippen MR) is 70.3 cm³/mol. The molecule has 18 heavy (non-hydrogen) atoms. The monoisotopic (exact) mass is 270 g/mol. The molecular weight excluding hydrogens is 255 g/mol. The second-order valence-electron chi connectivity index (χ2n) is 4.64. The summed E-state index contributed by atoms with van der Waals surface area (Å²) in [6, 6.07) is 4.29. The molecule has 2 N–H and O–H groups in total. The minimum atomic E-state index is -0.524. The van der Waals surface area contributed by atoms with E-state index in [1.807, 2.05) is 6.92 Å². The summed E-state index contributed by atoms with van der Waals surface area (Å²) in [6.45, 7) is 3.51. The van der Waals surface area contributed by atoms with Crippen molar-refractivity contribution in [1.82, 2.24) is 5.32 Å². The molecule has 1 saturated heterocycles. The largest absolute Gasteiger partial charge is 0.325 e. The summed E-state index contributed by atoms with van der Waals surface area (Å²) >= 11 is 5.60. The van der Waals surface area contributed by atoms with Crippen molar-refractivity contribution in [3.63, 3.8) is 0 Å². The zero-order valence-corrected chi connectivity index (χ0v) is 11.0. The van der Waals surface area contributed by atoms with E-state index in [0.717, 1.165) is 19.4 Å². The Balaban J connectivity index is 2.13. The zero-order chi connectivity index (χ0) is 13.2. The quantitative estimate of drug-likeness (QED) is 0.887. The van der Waals surface area contributed by atoms with Gasteiger partial charge < -0.3 is 10.6 Å². The molecule has 0 bridgehead atoms. The molecule has 1 aliphatic heterocycles. The standard InChI is InChI=1S/C13H16ClFN2O/c1-2-13(5-6-16-8-13)12(18)17-9-3-4-10(14)11(15)7-9/h3-4,7,16H,2,5-6,8H2,1H3,(H,17,18). The molecule has 0 spiro atoms. The lowest BCUT2D eigenvalue weighted by Crippen LogP contribution is -2.37. The molecule has 0 aromatic heterocycles. The third-order valence-electron chi connectivity index (χ3n) is 3.58. The van der Waals surface area contributed by atoms with E-state index in [2.05, 4.69) is 10.6 Å². The van der Waals surface area contributed by atoms with Gasteiger partial charge in [-0.2, -0.15) is 0 Å². The minimum absolute atomic E-state index is 0.0562. The molecule has 1 aromatic rings. The Morgan fingerprint density at radius 3 is 2.94 bits per heavy atom. The van der Waals surface area contributed by atoms with Crippen LogP contribution >= 0.6 is 11.6 Å². The van der Waals surface area contributed by atoms with Crippen LogP contribution in [0.2, 0.25) is 5.02 Å². The molecule has 1 atom stereocenters. The number of nitrogens with one attached hydrogen (secondary N) is 2. The lowest BCUT2D eigenvalue weighted by atomic mass is 9.83. The number of carbonyl (C=O) groups is 1. The first-order chi connectivity index (χ1) is 8.57. The second-order valence-corrected chi connectivity index (χ2v) is 5.05. The maximum absolute atomic E-state index is 13.3. The molecule has 1 aliphatic rings. The molecule has 98 valence electrons. The van der Waals surface area contributed by atoms with Crippen molar-refractivity contribution in [2.45, 2.75) is 19.8 Å². The van der Waals surface area contributed by atoms with Crippen molar-refractivity contribution < 1.29 is 9.18 Å². The number of halogens is 2. The third-order valence-corrected chi connectivity index (χ3v) is 3.89. The van der Waals surface area contributed by atoms with Gasteiger partial charge >= 0.3 is 0 Å². The first-order valence-electron chi connectivity index (χ1n) is 6.04. The predicted octanol–water partition coefficient (Wildman–Crippen LogP) is 2.81. The normalized spacial score (nSPS) is 23.1. The Hall–Kier alpha value is -1.13. The summed E-state index contributed by atoms with van der Waals surface area (Å²) in [5, 5.41) is 6.02. The first-order valence-corrected chi connectivity index (χ1v) is 6.42. The first kappa shape index (κ1) is 13.3. The molecule has 1 unspecified atom stereocenters. The van der Waals surface area contributed by atoms with Gasteiger partial charge in [0.1, 0.15) is 5.82 Å². The van der Waals surface area contributed by atoms with Gasteiger partial charge in [0, 0.05) is 12.2 Å². The maximum Gasteiger partial charge on any atom is 0.231 e. The van der Waals surface area contributed by atoms with Crippen LogP contribution < -0.4 is 10.6 Å². The van der Waals surface area contributed by atoms with Crippen LogP contribution in [0, 0.1) is 11.2 Å². The van der Waals surface area contributed by atoms with Gasteiger partial charge in [0.05, 0.1) is 10.4 Å². The Kier molecular flexibility index (Phi) is 3.88. The molecular formula is C13H16ClFN2O. The fraction of sp³-hybridized carbons (Fsp3) is 0.462. The van der Waals surface area contributed by atoms with Crippen LogP contribution in [0.5, 0.6) is 0 Å². The van der Waals surface area contributed by atoms with Crippen molar-refractivity contribution >= 4 is 23.2 Å². The van der Waals surface area contributed by atoms with Crippen LogP contribution in [0.4, 0.5) is 10.1 Å². The van der Waals surface area contributed by atoms with Crippen LogP contribution in [0.1, 0.15) is 19.8 Å². The van der Waals surface area contributed by atoms with Crippen LogP contribution in [0.3, 0.4) is 0 Å². The molecule has 5 heteroatoms. The SMILES string of the molecule is CCC1(C(=O)Nc2ccc(Cl)c(F)c2)CCNC1. The Morgan fingerprint density at radius 2 is 2.39 bits per heavy atom. The summed E-state index contributed by atoms with van der Waals surface area (Å²) in [6.07, 6.45) is 1.58. The average Bonchev–Trinajstić information content (AvgIpc) is 2.84. The van der Waals surface area contributed by atoms with Gasteiger partial charge in [-0.25, -0.2) is 4.39 Å². The summed E-state index contributed by atoms with van der Waals surface area (Å²) < 4.78 is 13.3. The van der Waals surface area contributed by atoms with E-state index in [-0.39, 0.29) is 16.3 Å². The molecule has 1 fully saturated rings. The van der Waals surface area contributed by atoms with E-state index in [0.29, 0.717) is 12.2 Å². The van der Waals surface area contributed by atoms with Crippen molar-refractivity contribution in [3.8, 4) is 0 Å². The molecule has 1 amide bonds. The van der Waals surface area contributed by atoms with Gasteiger partial charge in [0.2, 0.25) is 5.91 Å². The van der Waals surface area contributed by atoms with Gasteiger partial charge in [-0.3, -0.25) is 4.79 Å². The van der Waals surface area contributed by atoms with E-state index in [9.17, 15) is 9.18 Å². The highest BCUT2D eigenvalue weighted by Gasteiger charge is 2.39. The van der Waals surface area contributed by atoms with Gasteiger partial charge in [-0.15, -0.1) is 0 Å².